The number of anilines is 1. The predicted molar refractivity (Wildman–Crippen MR) is 121 cm³/mol. The maximum Gasteiger partial charge on any atom is 0.270 e. The van der Waals surface area contributed by atoms with Crippen molar-refractivity contribution in [2.45, 2.75) is 39.8 Å². The minimum Gasteiger partial charge on any atom is -0.486 e. The zero-order valence-corrected chi connectivity index (χ0v) is 18.0. The Morgan fingerprint density at radius 3 is 2.63 bits per heavy atom. The number of amides is 1. The molecule has 0 N–H and O–H groups in total. The van der Waals surface area contributed by atoms with Crippen molar-refractivity contribution in [3.63, 3.8) is 0 Å². The standard InChI is InChI=1S/C25H29N3O2/c1-4-20-16-28-22(15-19-6-5-7-23(30-20)24(19)28)25(29)27-12-10-26(11-13-27)21-14-17(2)8-9-18(21)3/h5-9,14-15,20H,4,10-13,16H2,1-3H3. The second-order valence-electron chi connectivity index (χ2n) is 8.55. The summed E-state index contributed by atoms with van der Waals surface area (Å²) in [6, 6.07) is 14.7. The smallest absolute Gasteiger partial charge is 0.270 e. The quantitative estimate of drug-likeness (QED) is 0.651. The number of aryl methyl sites for hydroxylation is 2. The molecule has 1 saturated heterocycles. The Labute approximate surface area is 177 Å². The van der Waals surface area contributed by atoms with Gasteiger partial charge < -0.3 is 19.1 Å². The second kappa shape index (κ2) is 7.38. The lowest BCUT2D eigenvalue weighted by molar-refractivity contribution is 0.0730. The molecule has 0 spiro atoms. The Morgan fingerprint density at radius 1 is 1.07 bits per heavy atom. The molecule has 5 heteroatoms. The third-order valence-corrected chi connectivity index (χ3v) is 6.51. The van der Waals surface area contributed by atoms with Crippen LogP contribution in [0.2, 0.25) is 0 Å². The van der Waals surface area contributed by atoms with Crippen LogP contribution < -0.4 is 9.64 Å². The van der Waals surface area contributed by atoms with E-state index in [-0.39, 0.29) is 12.0 Å². The first kappa shape index (κ1) is 19.0. The number of benzene rings is 2. The third kappa shape index (κ3) is 3.13. The SMILES string of the molecule is CCC1Cn2c(C(=O)N3CCN(c4cc(C)ccc4C)CC3)cc3cccc(c32)O1. The molecule has 0 bridgehead atoms. The molecule has 1 fully saturated rings. The van der Waals surface area contributed by atoms with Crippen LogP contribution in [0.5, 0.6) is 5.75 Å². The van der Waals surface area contributed by atoms with Crippen molar-refractivity contribution in [2.75, 3.05) is 31.1 Å². The zero-order valence-electron chi connectivity index (χ0n) is 18.0. The van der Waals surface area contributed by atoms with Crippen molar-refractivity contribution in [3.8, 4) is 5.75 Å². The van der Waals surface area contributed by atoms with Gasteiger partial charge in [-0.05, 0) is 49.6 Å². The second-order valence-corrected chi connectivity index (χ2v) is 8.55. The summed E-state index contributed by atoms with van der Waals surface area (Å²) in [5.41, 5.74) is 5.70. The molecule has 2 aliphatic rings. The van der Waals surface area contributed by atoms with Gasteiger partial charge in [0, 0.05) is 37.3 Å². The van der Waals surface area contributed by atoms with Gasteiger partial charge >= 0.3 is 0 Å². The van der Waals surface area contributed by atoms with Crippen molar-refractivity contribution in [3.05, 3.63) is 59.3 Å². The molecular weight excluding hydrogens is 374 g/mol. The lowest BCUT2D eigenvalue weighted by atomic mass is 10.1. The van der Waals surface area contributed by atoms with Crippen molar-refractivity contribution in [1.29, 1.82) is 0 Å². The third-order valence-electron chi connectivity index (χ3n) is 6.51. The van der Waals surface area contributed by atoms with Crippen LogP contribution in [0.1, 0.15) is 35.0 Å². The van der Waals surface area contributed by atoms with Gasteiger partial charge in [-0.15, -0.1) is 0 Å². The topological polar surface area (TPSA) is 37.7 Å². The van der Waals surface area contributed by atoms with Gasteiger partial charge in [-0.1, -0.05) is 31.2 Å². The largest absolute Gasteiger partial charge is 0.486 e. The molecule has 1 unspecified atom stereocenters. The van der Waals surface area contributed by atoms with Gasteiger partial charge in [-0.2, -0.15) is 0 Å². The summed E-state index contributed by atoms with van der Waals surface area (Å²) in [7, 11) is 0. The average Bonchev–Trinajstić information content (AvgIpc) is 3.15. The summed E-state index contributed by atoms with van der Waals surface area (Å²) in [4.78, 5) is 17.9. The summed E-state index contributed by atoms with van der Waals surface area (Å²) < 4.78 is 8.31. The Morgan fingerprint density at radius 2 is 1.87 bits per heavy atom. The lowest BCUT2D eigenvalue weighted by Gasteiger charge is -2.37. The molecule has 0 saturated carbocycles. The monoisotopic (exact) mass is 403 g/mol. The molecule has 5 nitrogen and oxygen atoms in total. The molecule has 2 aromatic carbocycles. The van der Waals surface area contributed by atoms with E-state index >= 15 is 0 Å². The van der Waals surface area contributed by atoms with E-state index in [2.05, 4.69) is 54.5 Å². The minimum absolute atomic E-state index is 0.114. The molecule has 2 aliphatic heterocycles. The highest BCUT2D eigenvalue weighted by molar-refractivity contribution is 6.00. The number of aromatic nitrogens is 1. The van der Waals surface area contributed by atoms with Crippen molar-refractivity contribution in [1.82, 2.24) is 9.47 Å². The summed E-state index contributed by atoms with van der Waals surface area (Å²) in [5, 5.41) is 1.08. The van der Waals surface area contributed by atoms with E-state index in [9.17, 15) is 4.79 Å². The molecule has 0 aliphatic carbocycles. The average molecular weight is 404 g/mol. The van der Waals surface area contributed by atoms with E-state index in [4.69, 9.17) is 4.74 Å². The van der Waals surface area contributed by atoms with E-state index < -0.39 is 0 Å². The number of hydrogen-bond donors (Lipinski definition) is 0. The summed E-state index contributed by atoms with van der Waals surface area (Å²) in [5.74, 6) is 1.03. The Bertz CT molecular complexity index is 1110. The Hall–Kier alpha value is -2.95. The lowest BCUT2D eigenvalue weighted by Crippen LogP contribution is -2.49. The van der Waals surface area contributed by atoms with Crippen molar-refractivity contribution >= 4 is 22.5 Å². The van der Waals surface area contributed by atoms with Crippen LogP contribution in [-0.4, -0.2) is 47.7 Å². The van der Waals surface area contributed by atoms with E-state index in [0.29, 0.717) is 0 Å². The molecule has 156 valence electrons. The Balaban J connectivity index is 1.39. The molecule has 1 atom stereocenters. The number of ether oxygens (including phenoxy) is 1. The number of piperazine rings is 1. The number of carbonyl (C=O) groups is 1. The predicted octanol–water partition coefficient (Wildman–Crippen LogP) is 4.39. The summed E-state index contributed by atoms with van der Waals surface area (Å²) in [6.07, 6.45) is 1.04. The molecule has 3 aromatic rings. The van der Waals surface area contributed by atoms with Crippen molar-refractivity contribution in [2.24, 2.45) is 0 Å². The molecule has 0 radical (unpaired) electrons. The van der Waals surface area contributed by atoms with E-state index in [1.807, 2.05) is 23.1 Å². The molecule has 30 heavy (non-hydrogen) atoms. The van der Waals surface area contributed by atoms with E-state index in [1.54, 1.807) is 0 Å². The van der Waals surface area contributed by atoms with Gasteiger partial charge in [0.25, 0.3) is 5.91 Å². The number of carbonyl (C=O) groups excluding carboxylic acids is 1. The molecule has 1 amide bonds. The highest BCUT2D eigenvalue weighted by atomic mass is 16.5. The number of hydrogen-bond acceptors (Lipinski definition) is 3. The van der Waals surface area contributed by atoms with Gasteiger partial charge in [-0.25, -0.2) is 0 Å². The van der Waals surface area contributed by atoms with Crippen molar-refractivity contribution < 1.29 is 9.53 Å². The highest BCUT2D eigenvalue weighted by Crippen LogP contribution is 2.34. The molecular formula is C25H29N3O2. The maximum atomic E-state index is 13.5. The van der Waals surface area contributed by atoms with E-state index in [0.717, 1.165) is 61.5 Å². The van der Waals surface area contributed by atoms with Crippen LogP contribution in [0, 0.1) is 13.8 Å². The first-order valence-electron chi connectivity index (χ1n) is 11.0. The highest BCUT2D eigenvalue weighted by Gasteiger charge is 2.29. The fourth-order valence-corrected chi connectivity index (χ4v) is 4.76. The minimum atomic E-state index is 0.114. The first-order valence-corrected chi connectivity index (χ1v) is 11.0. The Kier molecular flexibility index (Phi) is 4.69. The van der Waals surface area contributed by atoms with Crippen LogP contribution >= 0.6 is 0 Å². The van der Waals surface area contributed by atoms with Gasteiger partial charge in [-0.3, -0.25) is 4.79 Å². The maximum absolute atomic E-state index is 13.5. The zero-order chi connectivity index (χ0) is 20.8. The molecule has 1 aromatic heterocycles. The number of rotatable bonds is 3. The first-order chi connectivity index (χ1) is 14.5. The van der Waals surface area contributed by atoms with Crippen LogP contribution in [0.25, 0.3) is 10.9 Å². The van der Waals surface area contributed by atoms with Crippen LogP contribution in [0.4, 0.5) is 5.69 Å². The number of nitrogens with zero attached hydrogens (tertiary/aromatic N) is 3. The molecule has 3 heterocycles. The normalized spacial score (nSPS) is 18.6. The summed E-state index contributed by atoms with van der Waals surface area (Å²) >= 11 is 0. The fraction of sp³-hybridized carbons (Fsp3) is 0.400. The van der Waals surface area contributed by atoms with Crippen LogP contribution in [0.15, 0.2) is 42.5 Å². The van der Waals surface area contributed by atoms with Gasteiger partial charge in [0.1, 0.15) is 17.5 Å². The van der Waals surface area contributed by atoms with Gasteiger partial charge in [0.15, 0.2) is 0 Å². The van der Waals surface area contributed by atoms with E-state index in [1.165, 1.54) is 16.8 Å². The number of para-hydroxylation sites is 1. The summed E-state index contributed by atoms with van der Waals surface area (Å²) in [6.45, 7) is 10.4. The van der Waals surface area contributed by atoms with Crippen LogP contribution in [-0.2, 0) is 6.54 Å². The fourth-order valence-electron chi connectivity index (χ4n) is 4.76. The van der Waals surface area contributed by atoms with Gasteiger partial charge in [0.05, 0.1) is 12.1 Å². The van der Waals surface area contributed by atoms with Gasteiger partial charge in [0.2, 0.25) is 0 Å². The molecule has 5 rings (SSSR count). The van der Waals surface area contributed by atoms with Crippen LogP contribution in [0.3, 0.4) is 0 Å².